The molecule has 1 saturated heterocycles. The third-order valence-corrected chi connectivity index (χ3v) is 6.59. The van der Waals surface area contributed by atoms with E-state index in [-0.39, 0.29) is 17.2 Å². The zero-order chi connectivity index (χ0) is 18.9. The molecule has 2 fully saturated rings. The molecular formula is C22H29N3O2. The lowest BCUT2D eigenvalue weighted by atomic mass is 9.77. The number of benzene rings is 1. The van der Waals surface area contributed by atoms with Gasteiger partial charge in [0.2, 0.25) is 5.91 Å². The van der Waals surface area contributed by atoms with E-state index in [1.807, 2.05) is 40.9 Å². The van der Waals surface area contributed by atoms with Crippen molar-refractivity contribution in [2.75, 3.05) is 13.1 Å². The number of carbonyl (C=O) groups excluding carboxylic acids is 1. The Kier molecular flexibility index (Phi) is 5.04. The van der Waals surface area contributed by atoms with Crippen LogP contribution in [0.5, 0.6) is 0 Å². The number of carbonyl (C=O) groups is 1. The summed E-state index contributed by atoms with van der Waals surface area (Å²) in [6.07, 6.45) is 8.81. The molecule has 1 aromatic heterocycles. The van der Waals surface area contributed by atoms with E-state index in [1.165, 1.54) is 5.56 Å². The second-order valence-corrected chi connectivity index (χ2v) is 8.13. The van der Waals surface area contributed by atoms with Crippen LogP contribution in [0.2, 0.25) is 0 Å². The molecule has 0 radical (unpaired) electrons. The van der Waals surface area contributed by atoms with Crippen LogP contribution in [0.4, 0.5) is 0 Å². The van der Waals surface area contributed by atoms with Crippen molar-refractivity contribution in [1.82, 2.24) is 14.5 Å². The number of likely N-dealkylation sites (tertiary alicyclic amines) is 1. The maximum absolute atomic E-state index is 13.5. The molecule has 1 amide bonds. The Morgan fingerprint density at radius 2 is 1.85 bits per heavy atom. The highest BCUT2D eigenvalue weighted by Crippen LogP contribution is 2.43. The number of hydrogen-bond acceptors (Lipinski definition) is 3. The minimum absolute atomic E-state index is 0.159. The summed E-state index contributed by atoms with van der Waals surface area (Å²) in [5, 5.41) is 10.7. The molecule has 5 heteroatoms. The first-order valence-electron chi connectivity index (χ1n) is 10.1. The van der Waals surface area contributed by atoms with Crippen LogP contribution in [0.1, 0.15) is 56.0 Å². The summed E-state index contributed by atoms with van der Waals surface area (Å²) in [7, 11) is 1.91. The second kappa shape index (κ2) is 7.47. The number of hydrogen-bond donors (Lipinski definition) is 1. The lowest BCUT2D eigenvalue weighted by Gasteiger charge is -2.39. The van der Waals surface area contributed by atoms with Crippen LogP contribution < -0.4 is 0 Å². The summed E-state index contributed by atoms with van der Waals surface area (Å²) in [6.45, 7) is 1.44. The number of nitrogens with zero attached hydrogens (tertiary/aromatic N) is 3. The van der Waals surface area contributed by atoms with Crippen LogP contribution in [0, 0.1) is 5.92 Å². The second-order valence-electron chi connectivity index (χ2n) is 8.13. The monoisotopic (exact) mass is 367 g/mol. The highest BCUT2D eigenvalue weighted by Gasteiger charge is 2.45. The maximum atomic E-state index is 13.5. The summed E-state index contributed by atoms with van der Waals surface area (Å²) < 4.78 is 1.88. The first kappa shape index (κ1) is 18.2. The number of aliphatic hydroxyl groups excluding tert-OH is 1. The quantitative estimate of drug-likeness (QED) is 0.903. The van der Waals surface area contributed by atoms with Crippen LogP contribution >= 0.6 is 0 Å². The molecule has 1 N–H and O–H groups in total. The van der Waals surface area contributed by atoms with E-state index in [0.717, 1.165) is 57.4 Å². The van der Waals surface area contributed by atoms with E-state index in [2.05, 4.69) is 17.1 Å². The predicted molar refractivity (Wildman–Crippen MR) is 104 cm³/mol. The van der Waals surface area contributed by atoms with Gasteiger partial charge in [0.15, 0.2) is 0 Å². The molecule has 1 saturated carbocycles. The Morgan fingerprint density at radius 1 is 1.19 bits per heavy atom. The van der Waals surface area contributed by atoms with Gasteiger partial charge in [-0.25, -0.2) is 4.98 Å². The van der Waals surface area contributed by atoms with E-state index in [9.17, 15) is 9.90 Å². The molecule has 4 rings (SSSR count). The Hall–Kier alpha value is -2.14. The largest absolute Gasteiger partial charge is 0.385 e. The smallest absolute Gasteiger partial charge is 0.233 e. The molecular weight excluding hydrogens is 338 g/mol. The number of aryl methyl sites for hydroxylation is 1. The summed E-state index contributed by atoms with van der Waals surface area (Å²) in [5.41, 5.74) is 0.828. The number of amides is 1. The molecule has 5 nitrogen and oxygen atoms in total. The average Bonchev–Trinajstić information content (AvgIpc) is 3.38. The van der Waals surface area contributed by atoms with E-state index < -0.39 is 6.10 Å². The molecule has 1 aliphatic heterocycles. The van der Waals surface area contributed by atoms with Crippen LogP contribution in [0.15, 0.2) is 42.7 Å². The topological polar surface area (TPSA) is 58.4 Å². The van der Waals surface area contributed by atoms with Gasteiger partial charge in [-0.2, -0.15) is 0 Å². The molecule has 27 heavy (non-hydrogen) atoms. The van der Waals surface area contributed by atoms with Gasteiger partial charge in [-0.1, -0.05) is 43.2 Å². The summed E-state index contributed by atoms with van der Waals surface area (Å²) >= 11 is 0. The average molecular weight is 367 g/mol. The molecule has 1 atom stereocenters. The predicted octanol–water partition coefficient (Wildman–Crippen LogP) is 3.20. The highest BCUT2D eigenvalue weighted by atomic mass is 16.3. The van der Waals surface area contributed by atoms with Gasteiger partial charge in [0.05, 0.1) is 5.41 Å². The molecule has 1 aliphatic carbocycles. The minimum atomic E-state index is -0.559. The Balaban J connectivity index is 1.46. The molecule has 2 aromatic rings. The van der Waals surface area contributed by atoms with Gasteiger partial charge in [-0.15, -0.1) is 0 Å². The van der Waals surface area contributed by atoms with Crippen molar-refractivity contribution in [2.45, 2.75) is 50.0 Å². The molecule has 0 bridgehead atoms. The van der Waals surface area contributed by atoms with Gasteiger partial charge in [-0.3, -0.25) is 4.79 Å². The highest BCUT2D eigenvalue weighted by molar-refractivity contribution is 5.88. The van der Waals surface area contributed by atoms with E-state index in [1.54, 1.807) is 6.20 Å². The van der Waals surface area contributed by atoms with E-state index >= 15 is 0 Å². The fraction of sp³-hybridized carbons (Fsp3) is 0.545. The Morgan fingerprint density at radius 3 is 2.44 bits per heavy atom. The van der Waals surface area contributed by atoms with Crippen molar-refractivity contribution >= 4 is 5.91 Å². The first-order valence-corrected chi connectivity index (χ1v) is 10.1. The number of aliphatic hydroxyl groups is 1. The van der Waals surface area contributed by atoms with E-state index in [4.69, 9.17) is 0 Å². The third-order valence-electron chi connectivity index (χ3n) is 6.59. The number of rotatable bonds is 4. The van der Waals surface area contributed by atoms with Crippen LogP contribution in [0.3, 0.4) is 0 Å². The Labute approximate surface area is 161 Å². The van der Waals surface area contributed by atoms with Crippen molar-refractivity contribution in [2.24, 2.45) is 13.0 Å². The van der Waals surface area contributed by atoms with Crippen molar-refractivity contribution in [3.8, 4) is 0 Å². The molecule has 144 valence electrons. The Bertz CT molecular complexity index is 772. The van der Waals surface area contributed by atoms with E-state index in [0.29, 0.717) is 0 Å². The molecule has 2 aliphatic rings. The van der Waals surface area contributed by atoms with Crippen LogP contribution in [-0.2, 0) is 17.3 Å². The first-order chi connectivity index (χ1) is 13.1. The van der Waals surface area contributed by atoms with Crippen molar-refractivity contribution in [1.29, 1.82) is 0 Å². The minimum Gasteiger partial charge on any atom is -0.385 e. The molecule has 1 aromatic carbocycles. The normalized spacial score (nSPS) is 21.3. The summed E-state index contributed by atoms with van der Waals surface area (Å²) in [6, 6.07) is 10.3. The van der Waals surface area contributed by atoms with Gasteiger partial charge in [0, 0.05) is 32.5 Å². The lowest BCUT2D eigenvalue weighted by molar-refractivity contribution is -0.139. The van der Waals surface area contributed by atoms with Gasteiger partial charge in [0.25, 0.3) is 0 Å². The number of aromatic nitrogens is 2. The molecule has 0 unspecified atom stereocenters. The summed E-state index contributed by atoms with van der Waals surface area (Å²) in [4.78, 5) is 19.9. The number of imidazole rings is 1. The maximum Gasteiger partial charge on any atom is 0.233 e. The van der Waals surface area contributed by atoms with Gasteiger partial charge in [-0.05, 0) is 37.2 Å². The van der Waals surface area contributed by atoms with Crippen molar-refractivity contribution in [3.05, 3.63) is 54.1 Å². The van der Waals surface area contributed by atoms with Gasteiger partial charge >= 0.3 is 0 Å². The van der Waals surface area contributed by atoms with Gasteiger partial charge < -0.3 is 14.6 Å². The third kappa shape index (κ3) is 3.29. The zero-order valence-corrected chi connectivity index (χ0v) is 16.1. The SMILES string of the molecule is Cn1ccnc1[C@H](O)C1CCN(C(=O)C2(c3ccccc3)CCCC2)CC1. The molecule has 0 spiro atoms. The van der Waals surface area contributed by atoms with Crippen LogP contribution in [-0.4, -0.2) is 38.6 Å². The number of piperidine rings is 1. The lowest BCUT2D eigenvalue weighted by Crippen LogP contribution is -2.49. The van der Waals surface area contributed by atoms with Crippen LogP contribution in [0.25, 0.3) is 0 Å². The summed E-state index contributed by atoms with van der Waals surface area (Å²) in [5.74, 6) is 1.17. The zero-order valence-electron chi connectivity index (χ0n) is 16.1. The standard InChI is InChI=1S/C22H29N3O2/c1-24-16-13-23-20(24)19(26)17-9-14-25(15-10-17)21(27)22(11-5-6-12-22)18-7-3-2-4-8-18/h2-4,7-8,13,16-17,19,26H,5-6,9-12,14-15H2,1H3/t19-/m1/s1. The fourth-order valence-corrected chi connectivity index (χ4v) is 4.96. The fourth-order valence-electron chi connectivity index (χ4n) is 4.96. The van der Waals surface area contributed by atoms with Gasteiger partial charge in [0.1, 0.15) is 11.9 Å². The van der Waals surface area contributed by atoms with Crippen molar-refractivity contribution < 1.29 is 9.90 Å². The van der Waals surface area contributed by atoms with Crippen molar-refractivity contribution in [3.63, 3.8) is 0 Å². The molecule has 2 heterocycles.